The lowest BCUT2D eigenvalue weighted by atomic mass is 10.1. The Morgan fingerprint density at radius 2 is 2.15 bits per heavy atom. The van der Waals surface area contributed by atoms with Crippen molar-refractivity contribution in [2.45, 2.75) is 32.4 Å². The largest absolute Gasteiger partial charge is 0.414 e. The highest BCUT2D eigenvalue weighted by atomic mass is 32.2. The molecule has 0 amide bonds. The summed E-state index contributed by atoms with van der Waals surface area (Å²) in [5.41, 5.74) is 0. The van der Waals surface area contributed by atoms with Crippen molar-refractivity contribution in [2.24, 2.45) is 5.92 Å². The van der Waals surface area contributed by atoms with Crippen LogP contribution in [0.2, 0.25) is 0 Å². The molecule has 1 aromatic rings. The lowest BCUT2D eigenvalue weighted by Gasteiger charge is -2.10. The predicted molar refractivity (Wildman–Crippen MR) is 75.7 cm³/mol. The van der Waals surface area contributed by atoms with E-state index >= 15 is 0 Å². The van der Waals surface area contributed by atoms with Crippen LogP contribution in [0.4, 0.5) is 0 Å². The van der Waals surface area contributed by atoms with Crippen LogP contribution < -0.4 is 4.90 Å². The molecular formula is C12H20N3O3S2+. The van der Waals surface area contributed by atoms with Gasteiger partial charge in [0.15, 0.2) is 16.5 Å². The molecule has 1 atom stereocenters. The minimum absolute atomic E-state index is 0.126. The van der Waals surface area contributed by atoms with Crippen molar-refractivity contribution < 1.29 is 17.7 Å². The van der Waals surface area contributed by atoms with Gasteiger partial charge in [0.2, 0.25) is 5.89 Å². The van der Waals surface area contributed by atoms with E-state index in [1.54, 1.807) is 4.68 Å². The van der Waals surface area contributed by atoms with Gasteiger partial charge in [-0.25, -0.2) is 8.42 Å². The number of hydrogen-bond acceptors (Lipinski definition) is 5. The summed E-state index contributed by atoms with van der Waals surface area (Å²) in [6, 6.07) is 0. The number of nitrogens with zero attached hydrogens (tertiary/aromatic N) is 2. The monoisotopic (exact) mass is 318 g/mol. The summed E-state index contributed by atoms with van der Waals surface area (Å²) in [6.07, 6.45) is 3.79. The number of aromatic nitrogens is 2. The second-order valence-electron chi connectivity index (χ2n) is 5.85. The van der Waals surface area contributed by atoms with Crippen LogP contribution in [-0.4, -0.2) is 42.8 Å². The number of hydrogen-bond donors (Lipinski definition) is 1. The van der Waals surface area contributed by atoms with Gasteiger partial charge in [0.05, 0.1) is 24.6 Å². The maximum absolute atomic E-state index is 11.5. The molecule has 2 saturated heterocycles. The van der Waals surface area contributed by atoms with Crippen LogP contribution >= 0.6 is 12.2 Å². The zero-order valence-electron chi connectivity index (χ0n) is 11.4. The lowest BCUT2D eigenvalue weighted by Crippen LogP contribution is -3.09. The van der Waals surface area contributed by atoms with Gasteiger partial charge in [-0.15, -0.1) is 5.10 Å². The van der Waals surface area contributed by atoms with Crippen molar-refractivity contribution in [1.29, 1.82) is 0 Å². The Labute approximate surface area is 123 Å². The molecule has 1 aromatic heterocycles. The summed E-state index contributed by atoms with van der Waals surface area (Å²) < 4.78 is 30.2. The van der Waals surface area contributed by atoms with E-state index in [1.807, 2.05) is 0 Å². The molecular weight excluding hydrogens is 298 g/mol. The molecule has 0 bridgehead atoms. The average Bonchev–Trinajstić information content (AvgIpc) is 3.04. The van der Waals surface area contributed by atoms with Crippen LogP contribution in [0.3, 0.4) is 0 Å². The normalized spacial score (nSPS) is 26.3. The Morgan fingerprint density at radius 1 is 1.40 bits per heavy atom. The van der Waals surface area contributed by atoms with E-state index in [0.29, 0.717) is 23.6 Å². The van der Waals surface area contributed by atoms with Crippen LogP contribution in [-0.2, 0) is 22.9 Å². The molecule has 0 spiro atoms. The van der Waals surface area contributed by atoms with Gasteiger partial charge in [-0.05, 0) is 24.6 Å². The molecule has 2 aliphatic heterocycles. The summed E-state index contributed by atoms with van der Waals surface area (Å²) >= 11 is 5.20. The van der Waals surface area contributed by atoms with Crippen molar-refractivity contribution >= 4 is 22.1 Å². The zero-order chi connectivity index (χ0) is 14.2. The fraction of sp³-hybridized carbons (Fsp3) is 0.833. The molecule has 3 heterocycles. The summed E-state index contributed by atoms with van der Waals surface area (Å²) in [5.74, 6) is 1.24. The number of sulfone groups is 1. The van der Waals surface area contributed by atoms with Gasteiger partial charge in [0, 0.05) is 19.3 Å². The molecule has 0 saturated carbocycles. The summed E-state index contributed by atoms with van der Waals surface area (Å²) in [5, 5.41) is 4.41. The molecule has 8 heteroatoms. The van der Waals surface area contributed by atoms with Crippen LogP contribution in [0.1, 0.15) is 25.2 Å². The second kappa shape index (κ2) is 5.57. The Kier molecular flexibility index (Phi) is 3.96. The van der Waals surface area contributed by atoms with Gasteiger partial charge in [0.1, 0.15) is 0 Å². The molecule has 0 aliphatic carbocycles. The molecule has 1 N–H and O–H groups in total. The first kappa shape index (κ1) is 14.2. The highest BCUT2D eigenvalue weighted by Crippen LogP contribution is 2.22. The van der Waals surface area contributed by atoms with E-state index < -0.39 is 9.84 Å². The first-order valence-electron chi connectivity index (χ1n) is 7.13. The first-order valence-corrected chi connectivity index (χ1v) is 9.36. The quantitative estimate of drug-likeness (QED) is 0.780. The van der Waals surface area contributed by atoms with Crippen LogP contribution in [0.5, 0.6) is 0 Å². The molecule has 0 radical (unpaired) electrons. The number of likely N-dealkylation sites (tertiary alicyclic amines) is 1. The fourth-order valence-electron chi connectivity index (χ4n) is 3.06. The van der Waals surface area contributed by atoms with E-state index in [-0.39, 0.29) is 17.4 Å². The van der Waals surface area contributed by atoms with E-state index in [9.17, 15) is 8.42 Å². The van der Waals surface area contributed by atoms with Crippen molar-refractivity contribution in [3.8, 4) is 0 Å². The Hall–Kier alpha value is -0.730. The summed E-state index contributed by atoms with van der Waals surface area (Å²) in [7, 11) is -2.84. The number of quaternary nitrogens is 1. The minimum Gasteiger partial charge on any atom is -0.414 e. The molecule has 112 valence electrons. The second-order valence-corrected chi connectivity index (χ2v) is 8.43. The minimum atomic E-state index is -2.84. The van der Waals surface area contributed by atoms with E-state index in [2.05, 4.69) is 5.10 Å². The molecule has 6 nitrogen and oxygen atoms in total. The van der Waals surface area contributed by atoms with Gasteiger partial charge in [-0.2, -0.15) is 4.68 Å². The van der Waals surface area contributed by atoms with Crippen LogP contribution in [0.25, 0.3) is 0 Å². The average molecular weight is 318 g/mol. The molecule has 0 unspecified atom stereocenters. The van der Waals surface area contributed by atoms with Gasteiger partial charge in [0.25, 0.3) is 4.84 Å². The molecule has 2 fully saturated rings. The SMILES string of the molecule is O=S1(=O)CC[C@H](Cc2nn(C[NH+]3CCCC3)c(=S)o2)C1. The van der Waals surface area contributed by atoms with Crippen molar-refractivity contribution in [3.05, 3.63) is 10.7 Å². The van der Waals surface area contributed by atoms with Crippen molar-refractivity contribution in [2.75, 3.05) is 24.6 Å². The third-order valence-electron chi connectivity index (χ3n) is 4.12. The van der Waals surface area contributed by atoms with Gasteiger partial charge < -0.3 is 9.32 Å². The third kappa shape index (κ3) is 3.29. The van der Waals surface area contributed by atoms with Crippen LogP contribution in [0.15, 0.2) is 4.42 Å². The molecule has 3 rings (SSSR count). The molecule has 20 heavy (non-hydrogen) atoms. The van der Waals surface area contributed by atoms with Crippen molar-refractivity contribution in [1.82, 2.24) is 9.78 Å². The van der Waals surface area contributed by atoms with Gasteiger partial charge in [-0.1, -0.05) is 0 Å². The summed E-state index contributed by atoms with van der Waals surface area (Å²) in [4.78, 5) is 1.88. The molecule has 2 aliphatic rings. The molecule has 0 aromatic carbocycles. The van der Waals surface area contributed by atoms with E-state index in [4.69, 9.17) is 16.6 Å². The Balaban J connectivity index is 1.64. The zero-order valence-corrected chi connectivity index (χ0v) is 13.0. The van der Waals surface area contributed by atoms with Crippen LogP contribution in [0, 0.1) is 10.8 Å². The number of rotatable bonds is 4. The Morgan fingerprint density at radius 3 is 2.80 bits per heavy atom. The topological polar surface area (TPSA) is 69.5 Å². The van der Waals surface area contributed by atoms with E-state index in [1.165, 1.54) is 17.7 Å². The smallest absolute Gasteiger partial charge is 0.291 e. The number of nitrogens with one attached hydrogen (secondary N) is 1. The maximum Gasteiger partial charge on any atom is 0.291 e. The van der Waals surface area contributed by atoms with Gasteiger partial charge in [-0.3, -0.25) is 0 Å². The summed E-state index contributed by atoms with van der Waals surface area (Å²) in [6.45, 7) is 3.07. The highest BCUT2D eigenvalue weighted by Gasteiger charge is 2.29. The van der Waals surface area contributed by atoms with Crippen molar-refractivity contribution in [3.63, 3.8) is 0 Å². The third-order valence-corrected chi connectivity index (χ3v) is 6.25. The Bertz CT molecular complexity index is 629. The van der Waals surface area contributed by atoms with Gasteiger partial charge >= 0.3 is 0 Å². The maximum atomic E-state index is 11.5. The fourth-order valence-corrected chi connectivity index (χ4v) is 5.12. The first-order chi connectivity index (χ1) is 9.52. The lowest BCUT2D eigenvalue weighted by molar-refractivity contribution is -0.911. The predicted octanol–water partition coefficient (Wildman–Crippen LogP) is -0.181. The van der Waals surface area contributed by atoms with E-state index in [0.717, 1.165) is 19.8 Å². The standard InChI is InChI=1S/C12H19N3O3S2/c16-20(17)6-3-10(8-20)7-11-13-15(12(19)18-11)9-14-4-1-2-5-14/h10H,1-9H2/p+1/t10-/m1/s1. The highest BCUT2D eigenvalue weighted by molar-refractivity contribution is 7.91.